The Kier molecular flexibility index (Phi) is 4.47. The highest BCUT2D eigenvalue weighted by molar-refractivity contribution is 6.07. The van der Waals surface area contributed by atoms with Crippen molar-refractivity contribution in [2.45, 2.75) is 18.9 Å². The average molecular weight is 401 g/mol. The highest BCUT2D eigenvalue weighted by atomic mass is 16.5. The molecular weight excluding hydrogens is 378 g/mol. The molecular formula is C23H23N5O2. The van der Waals surface area contributed by atoms with E-state index in [1.807, 2.05) is 49.4 Å². The van der Waals surface area contributed by atoms with E-state index in [0.717, 1.165) is 28.3 Å². The second-order valence-electron chi connectivity index (χ2n) is 7.62. The fourth-order valence-corrected chi connectivity index (χ4v) is 4.38. The Hall–Kier alpha value is -3.32. The molecule has 0 aliphatic carbocycles. The van der Waals surface area contributed by atoms with Gasteiger partial charge in [0.15, 0.2) is 11.6 Å². The van der Waals surface area contributed by atoms with E-state index in [1.54, 1.807) is 24.3 Å². The van der Waals surface area contributed by atoms with E-state index >= 15 is 0 Å². The van der Waals surface area contributed by atoms with Crippen molar-refractivity contribution >= 4 is 17.4 Å². The molecule has 4 heterocycles. The van der Waals surface area contributed by atoms with Crippen molar-refractivity contribution in [3.05, 3.63) is 54.9 Å². The number of rotatable bonds is 3. The number of pyridine rings is 1. The van der Waals surface area contributed by atoms with Crippen LogP contribution in [0.4, 0.5) is 11.5 Å². The van der Waals surface area contributed by atoms with Gasteiger partial charge in [0.05, 0.1) is 25.1 Å². The zero-order chi connectivity index (χ0) is 20.7. The molecule has 30 heavy (non-hydrogen) atoms. The number of benzene rings is 1. The number of ether oxygens (including phenoxy) is 1. The van der Waals surface area contributed by atoms with Gasteiger partial charge in [-0.25, -0.2) is 9.97 Å². The highest BCUT2D eigenvalue weighted by Gasteiger charge is 2.51. The maximum absolute atomic E-state index is 13.2. The van der Waals surface area contributed by atoms with Crippen LogP contribution in [0.1, 0.15) is 13.3 Å². The van der Waals surface area contributed by atoms with Gasteiger partial charge in [-0.15, -0.1) is 0 Å². The molecule has 0 N–H and O–H groups in total. The summed E-state index contributed by atoms with van der Waals surface area (Å²) in [7, 11) is 1.78. The third-order valence-electron chi connectivity index (χ3n) is 6.07. The minimum atomic E-state index is -0.719. The fourth-order valence-electron chi connectivity index (χ4n) is 4.38. The van der Waals surface area contributed by atoms with E-state index < -0.39 is 5.54 Å². The molecule has 3 aromatic rings. The molecule has 0 radical (unpaired) electrons. The quantitative estimate of drug-likeness (QED) is 0.671. The second kappa shape index (κ2) is 7.18. The third-order valence-corrected chi connectivity index (χ3v) is 6.07. The molecule has 0 bridgehead atoms. The Morgan fingerprint density at radius 3 is 2.77 bits per heavy atom. The smallest absolute Gasteiger partial charge is 0.255 e. The number of aromatic nitrogens is 3. The van der Waals surface area contributed by atoms with E-state index in [2.05, 4.69) is 14.9 Å². The number of carbonyl (C=O) groups is 1. The predicted octanol–water partition coefficient (Wildman–Crippen LogP) is 3.17. The van der Waals surface area contributed by atoms with Crippen molar-refractivity contribution in [3.63, 3.8) is 0 Å². The molecule has 1 aromatic carbocycles. The van der Waals surface area contributed by atoms with Crippen molar-refractivity contribution in [3.8, 4) is 22.6 Å². The van der Waals surface area contributed by atoms with Gasteiger partial charge in [0.2, 0.25) is 0 Å². The number of likely N-dealkylation sites (N-methyl/N-ethyl adjacent to an activating group) is 1. The number of hydrogen-bond donors (Lipinski definition) is 0. The molecule has 1 unspecified atom stereocenters. The summed E-state index contributed by atoms with van der Waals surface area (Å²) < 4.78 is 5.72. The first-order chi connectivity index (χ1) is 14.7. The Labute approximate surface area is 175 Å². The normalized spacial score (nSPS) is 20.7. The first kappa shape index (κ1) is 18.7. The lowest BCUT2D eigenvalue weighted by molar-refractivity contribution is -0.128. The SMILES string of the molecule is CCC12COCCN1c1nc(-c3cccnc3-c3ccccc3)ncc1N(C)C2=O. The van der Waals surface area contributed by atoms with Crippen LogP contribution in [0, 0.1) is 0 Å². The lowest BCUT2D eigenvalue weighted by atomic mass is 9.89. The molecule has 1 amide bonds. The largest absolute Gasteiger partial charge is 0.377 e. The van der Waals surface area contributed by atoms with Crippen molar-refractivity contribution in [2.75, 3.05) is 36.6 Å². The van der Waals surface area contributed by atoms with Crippen LogP contribution < -0.4 is 9.80 Å². The van der Waals surface area contributed by atoms with Gasteiger partial charge in [0.25, 0.3) is 5.91 Å². The number of morpholine rings is 1. The Morgan fingerprint density at radius 1 is 1.13 bits per heavy atom. The van der Waals surface area contributed by atoms with Gasteiger partial charge < -0.3 is 14.5 Å². The van der Waals surface area contributed by atoms with Crippen molar-refractivity contribution in [1.82, 2.24) is 15.0 Å². The number of anilines is 2. The number of fused-ring (bicyclic) bond motifs is 3. The summed E-state index contributed by atoms with van der Waals surface area (Å²) in [5, 5.41) is 0. The molecule has 7 heteroatoms. The van der Waals surface area contributed by atoms with Crippen LogP contribution in [-0.4, -0.2) is 53.2 Å². The van der Waals surface area contributed by atoms with Gasteiger partial charge >= 0.3 is 0 Å². The van der Waals surface area contributed by atoms with E-state index in [4.69, 9.17) is 9.72 Å². The molecule has 1 atom stereocenters. The molecule has 1 saturated heterocycles. The van der Waals surface area contributed by atoms with Gasteiger partial charge in [0, 0.05) is 30.9 Å². The molecule has 7 nitrogen and oxygen atoms in total. The first-order valence-electron chi connectivity index (χ1n) is 10.2. The minimum Gasteiger partial charge on any atom is -0.377 e. The molecule has 1 fully saturated rings. The lowest BCUT2D eigenvalue weighted by Gasteiger charge is -2.51. The summed E-state index contributed by atoms with van der Waals surface area (Å²) in [5.41, 5.74) is 2.71. The molecule has 152 valence electrons. The summed E-state index contributed by atoms with van der Waals surface area (Å²) in [6.45, 7) is 3.58. The molecule has 5 rings (SSSR count). The summed E-state index contributed by atoms with van der Waals surface area (Å²) >= 11 is 0. The van der Waals surface area contributed by atoms with Crippen molar-refractivity contribution in [1.29, 1.82) is 0 Å². The van der Waals surface area contributed by atoms with Crippen LogP contribution in [0.5, 0.6) is 0 Å². The van der Waals surface area contributed by atoms with Crippen LogP contribution in [0.25, 0.3) is 22.6 Å². The number of carbonyl (C=O) groups excluding carboxylic acids is 1. The summed E-state index contributed by atoms with van der Waals surface area (Å²) in [4.78, 5) is 31.2. The number of hydrogen-bond acceptors (Lipinski definition) is 6. The zero-order valence-corrected chi connectivity index (χ0v) is 17.1. The predicted molar refractivity (Wildman–Crippen MR) is 115 cm³/mol. The monoisotopic (exact) mass is 401 g/mol. The maximum Gasteiger partial charge on any atom is 0.255 e. The van der Waals surface area contributed by atoms with Crippen LogP contribution in [0.15, 0.2) is 54.9 Å². The highest BCUT2D eigenvalue weighted by Crippen LogP contribution is 2.42. The Balaban J connectivity index is 1.67. The van der Waals surface area contributed by atoms with Crippen molar-refractivity contribution in [2.24, 2.45) is 0 Å². The third kappa shape index (κ3) is 2.69. The molecule has 0 saturated carbocycles. The van der Waals surface area contributed by atoms with Gasteiger partial charge in [-0.3, -0.25) is 9.78 Å². The van der Waals surface area contributed by atoms with E-state index in [9.17, 15) is 4.79 Å². The van der Waals surface area contributed by atoms with Gasteiger partial charge in [-0.1, -0.05) is 37.3 Å². The molecule has 2 aromatic heterocycles. The van der Waals surface area contributed by atoms with Gasteiger partial charge in [-0.05, 0) is 18.6 Å². The summed E-state index contributed by atoms with van der Waals surface area (Å²) in [6.07, 6.45) is 4.17. The van der Waals surface area contributed by atoms with Gasteiger partial charge in [0.1, 0.15) is 11.2 Å². The van der Waals surface area contributed by atoms with Crippen LogP contribution >= 0.6 is 0 Å². The van der Waals surface area contributed by atoms with Crippen LogP contribution in [0.2, 0.25) is 0 Å². The minimum absolute atomic E-state index is 0.0277. The average Bonchev–Trinajstić information content (AvgIpc) is 2.82. The van der Waals surface area contributed by atoms with Gasteiger partial charge in [-0.2, -0.15) is 0 Å². The van der Waals surface area contributed by atoms with Crippen LogP contribution in [-0.2, 0) is 9.53 Å². The van der Waals surface area contributed by atoms with E-state index in [1.165, 1.54) is 0 Å². The number of nitrogens with zero attached hydrogens (tertiary/aromatic N) is 5. The Morgan fingerprint density at radius 2 is 1.97 bits per heavy atom. The molecule has 2 aliphatic heterocycles. The standard InChI is InChI=1S/C23H23N5O2/c1-3-23-15-30-13-12-28(23)21-18(27(2)22(23)29)14-25-20(26-21)17-10-7-11-24-19(17)16-8-5-4-6-9-16/h4-11,14H,3,12-13,15H2,1-2H3. The Bertz CT molecular complexity index is 1100. The lowest BCUT2D eigenvalue weighted by Crippen LogP contribution is -2.68. The first-order valence-corrected chi connectivity index (χ1v) is 10.2. The molecule has 2 aliphatic rings. The molecule has 0 spiro atoms. The summed E-state index contributed by atoms with van der Waals surface area (Å²) in [5.74, 6) is 1.40. The van der Waals surface area contributed by atoms with E-state index in [-0.39, 0.29) is 5.91 Å². The summed E-state index contributed by atoms with van der Waals surface area (Å²) in [6, 6.07) is 13.9. The van der Waals surface area contributed by atoms with Crippen LogP contribution in [0.3, 0.4) is 0 Å². The number of amides is 1. The topological polar surface area (TPSA) is 71.5 Å². The van der Waals surface area contributed by atoms with E-state index in [0.29, 0.717) is 32.0 Å². The maximum atomic E-state index is 13.2. The zero-order valence-electron chi connectivity index (χ0n) is 17.1. The fraction of sp³-hybridized carbons (Fsp3) is 0.304. The van der Waals surface area contributed by atoms with Crippen molar-refractivity contribution < 1.29 is 9.53 Å². The second-order valence-corrected chi connectivity index (χ2v) is 7.62.